The van der Waals surface area contributed by atoms with E-state index in [0.29, 0.717) is 23.7 Å². The van der Waals surface area contributed by atoms with Crippen molar-refractivity contribution < 1.29 is 4.79 Å². The molecule has 1 aromatic rings. The summed E-state index contributed by atoms with van der Waals surface area (Å²) in [6.45, 7) is 3.30. The highest BCUT2D eigenvalue weighted by atomic mass is 79.9. The fourth-order valence-corrected chi connectivity index (χ4v) is 2.35. The van der Waals surface area contributed by atoms with E-state index in [1.165, 1.54) is 0 Å². The van der Waals surface area contributed by atoms with E-state index in [9.17, 15) is 4.79 Å². The Hall–Kier alpha value is -0.0600. The van der Waals surface area contributed by atoms with E-state index in [1.807, 2.05) is 19.1 Å². The molecule has 0 heterocycles. The number of hydrogen-bond acceptors (Lipinski definition) is 1. The molecule has 0 fully saturated rings. The van der Waals surface area contributed by atoms with Crippen LogP contribution >= 0.6 is 43.5 Å². The summed E-state index contributed by atoms with van der Waals surface area (Å²) in [6.07, 6.45) is 0. The molecule has 1 aromatic carbocycles. The summed E-state index contributed by atoms with van der Waals surface area (Å²) >= 11 is 12.7. The molecule has 0 aliphatic rings. The lowest BCUT2D eigenvalue weighted by Crippen LogP contribution is -2.32. The number of halogens is 3. The fourth-order valence-electron chi connectivity index (χ4n) is 1.34. The molecule has 0 aliphatic carbocycles. The Bertz CT molecular complexity index is 384. The zero-order valence-corrected chi connectivity index (χ0v) is 12.8. The smallest absolute Gasteiger partial charge is 0.255 e. The number of carbonyl (C=O) groups is 1. The van der Waals surface area contributed by atoms with E-state index in [0.717, 1.165) is 9.80 Å². The second-order valence-electron chi connectivity index (χ2n) is 3.18. The number of nitrogens with zero attached hydrogens (tertiary/aromatic N) is 1. The Morgan fingerprint density at radius 2 is 2.19 bits per heavy atom. The van der Waals surface area contributed by atoms with Crippen molar-refractivity contribution >= 4 is 49.4 Å². The van der Waals surface area contributed by atoms with Crippen LogP contribution in [0.5, 0.6) is 0 Å². The minimum Gasteiger partial charge on any atom is -0.338 e. The molecule has 0 atom stereocenters. The van der Waals surface area contributed by atoms with Crippen molar-refractivity contribution in [2.75, 3.05) is 18.4 Å². The summed E-state index contributed by atoms with van der Waals surface area (Å²) in [7, 11) is 0. The molecule has 0 aromatic heterocycles. The third-order valence-corrected chi connectivity index (χ3v) is 3.86. The molecule has 0 unspecified atom stereocenters. The number of carbonyl (C=O) groups excluding carboxylic acids is 1. The Labute approximate surface area is 117 Å². The summed E-state index contributed by atoms with van der Waals surface area (Å²) in [5.74, 6) is -0.0340. The van der Waals surface area contributed by atoms with Crippen LogP contribution in [0, 0.1) is 0 Å². The van der Waals surface area contributed by atoms with Crippen LogP contribution in [0.25, 0.3) is 0 Å². The lowest BCUT2D eigenvalue weighted by Gasteiger charge is -2.20. The molecule has 1 rings (SSSR count). The third-order valence-electron chi connectivity index (χ3n) is 2.21. The SMILES string of the molecule is CCN(CCBr)C(=O)c1cccc(Br)c1Cl. The first-order chi connectivity index (χ1) is 7.61. The molecule has 1 amide bonds. The van der Waals surface area contributed by atoms with Gasteiger partial charge in [-0.15, -0.1) is 0 Å². The molecule has 0 aliphatic heterocycles. The van der Waals surface area contributed by atoms with Gasteiger partial charge in [0.2, 0.25) is 0 Å². The molecule has 0 spiro atoms. The molecule has 0 radical (unpaired) electrons. The Morgan fingerprint density at radius 1 is 1.50 bits per heavy atom. The summed E-state index contributed by atoms with van der Waals surface area (Å²) in [4.78, 5) is 13.9. The van der Waals surface area contributed by atoms with Gasteiger partial charge in [-0.1, -0.05) is 33.6 Å². The zero-order chi connectivity index (χ0) is 12.1. The van der Waals surface area contributed by atoms with Crippen LogP contribution in [0.15, 0.2) is 22.7 Å². The van der Waals surface area contributed by atoms with Crippen molar-refractivity contribution in [1.82, 2.24) is 4.90 Å². The molecule has 88 valence electrons. The van der Waals surface area contributed by atoms with E-state index >= 15 is 0 Å². The number of rotatable bonds is 4. The van der Waals surface area contributed by atoms with Gasteiger partial charge in [-0.05, 0) is 35.0 Å². The van der Waals surface area contributed by atoms with Crippen LogP contribution in [0.4, 0.5) is 0 Å². The maximum absolute atomic E-state index is 12.1. The van der Waals surface area contributed by atoms with Crippen molar-refractivity contribution in [2.45, 2.75) is 6.92 Å². The van der Waals surface area contributed by atoms with E-state index < -0.39 is 0 Å². The fraction of sp³-hybridized carbons (Fsp3) is 0.364. The van der Waals surface area contributed by atoms with E-state index in [4.69, 9.17) is 11.6 Å². The average Bonchev–Trinajstić information content (AvgIpc) is 2.29. The number of amides is 1. The Kier molecular flexibility index (Phi) is 5.79. The summed E-state index contributed by atoms with van der Waals surface area (Å²) in [5.41, 5.74) is 0.541. The maximum atomic E-state index is 12.1. The van der Waals surface area contributed by atoms with Crippen molar-refractivity contribution in [3.63, 3.8) is 0 Å². The minimum absolute atomic E-state index is 0.0340. The summed E-state index contributed by atoms with van der Waals surface area (Å²) in [5, 5.41) is 1.23. The molecule has 2 nitrogen and oxygen atoms in total. The second kappa shape index (κ2) is 6.62. The van der Waals surface area contributed by atoms with Crippen molar-refractivity contribution in [3.05, 3.63) is 33.3 Å². The van der Waals surface area contributed by atoms with Gasteiger partial charge < -0.3 is 4.90 Å². The Morgan fingerprint density at radius 3 is 2.75 bits per heavy atom. The number of benzene rings is 1. The molecule has 0 saturated carbocycles. The molecule has 16 heavy (non-hydrogen) atoms. The molecule has 0 N–H and O–H groups in total. The van der Waals surface area contributed by atoms with Gasteiger partial charge in [0, 0.05) is 22.9 Å². The van der Waals surface area contributed by atoms with E-state index in [2.05, 4.69) is 31.9 Å². The Balaban J connectivity index is 2.99. The topological polar surface area (TPSA) is 20.3 Å². The maximum Gasteiger partial charge on any atom is 0.255 e. The highest BCUT2D eigenvalue weighted by Gasteiger charge is 2.17. The second-order valence-corrected chi connectivity index (χ2v) is 5.20. The van der Waals surface area contributed by atoms with Crippen LogP contribution in [-0.2, 0) is 0 Å². The summed E-state index contributed by atoms with van der Waals surface area (Å²) in [6, 6.07) is 5.37. The van der Waals surface area contributed by atoms with Gasteiger partial charge in [0.05, 0.1) is 10.6 Å². The van der Waals surface area contributed by atoms with Gasteiger partial charge >= 0.3 is 0 Å². The largest absolute Gasteiger partial charge is 0.338 e. The minimum atomic E-state index is -0.0340. The quantitative estimate of drug-likeness (QED) is 0.736. The highest BCUT2D eigenvalue weighted by Crippen LogP contribution is 2.26. The van der Waals surface area contributed by atoms with E-state index in [-0.39, 0.29) is 5.91 Å². The molecule has 0 saturated heterocycles. The lowest BCUT2D eigenvalue weighted by molar-refractivity contribution is 0.0775. The van der Waals surface area contributed by atoms with Gasteiger partial charge in [-0.3, -0.25) is 4.79 Å². The van der Waals surface area contributed by atoms with Gasteiger partial charge in [0.25, 0.3) is 5.91 Å². The molecular formula is C11H12Br2ClNO. The first kappa shape index (κ1) is 14.0. The van der Waals surface area contributed by atoms with Gasteiger partial charge in [0.15, 0.2) is 0 Å². The van der Waals surface area contributed by atoms with Gasteiger partial charge in [0.1, 0.15) is 0 Å². The first-order valence-electron chi connectivity index (χ1n) is 4.91. The zero-order valence-electron chi connectivity index (χ0n) is 8.84. The van der Waals surface area contributed by atoms with Gasteiger partial charge in [-0.2, -0.15) is 0 Å². The predicted octanol–water partition coefficient (Wildman–Crippen LogP) is 3.96. The third kappa shape index (κ3) is 3.22. The normalized spacial score (nSPS) is 10.2. The van der Waals surface area contributed by atoms with Crippen LogP contribution < -0.4 is 0 Å². The van der Waals surface area contributed by atoms with Crippen LogP contribution in [-0.4, -0.2) is 29.2 Å². The summed E-state index contributed by atoms with van der Waals surface area (Å²) < 4.78 is 0.745. The number of hydrogen-bond donors (Lipinski definition) is 0. The van der Waals surface area contributed by atoms with Crippen molar-refractivity contribution in [1.29, 1.82) is 0 Å². The molecule has 0 bridgehead atoms. The predicted molar refractivity (Wildman–Crippen MR) is 74.5 cm³/mol. The van der Waals surface area contributed by atoms with Gasteiger partial charge in [-0.25, -0.2) is 0 Å². The lowest BCUT2D eigenvalue weighted by atomic mass is 10.2. The highest BCUT2D eigenvalue weighted by molar-refractivity contribution is 9.10. The van der Waals surface area contributed by atoms with Crippen LogP contribution in [0.2, 0.25) is 5.02 Å². The average molecular weight is 369 g/mol. The molecule has 5 heteroatoms. The molecular weight excluding hydrogens is 357 g/mol. The van der Waals surface area contributed by atoms with Crippen LogP contribution in [0.1, 0.15) is 17.3 Å². The van der Waals surface area contributed by atoms with E-state index in [1.54, 1.807) is 11.0 Å². The van der Waals surface area contributed by atoms with Crippen LogP contribution in [0.3, 0.4) is 0 Å². The van der Waals surface area contributed by atoms with Crippen molar-refractivity contribution in [2.24, 2.45) is 0 Å². The van der Waals surface area contributed by atoms with Crippen molar-refractivity contribution in [3.8, 4) is 0 Å². The standard InChI is InChI=1S/C11H12Br2ClNO/c1-2-15(7-6-12)11(16)8-4-3-5-9(13)10(8)14/h3-5H,2,6-7H2,1H3. The monoisotopic (exact) mass is 367 g/mol. The number of alkyl halides is 1. The first-order valence-corrected chi connectivity index (χ1v) is 7.20.